The Morgan fingerprint density at radius 3 is 2.45 bits per heavy atom. The lowest BCUT2D eigenvalue weighted by atomic mass is 10.1. The highest BCUT2D eigenvalue weighted by Crippen LogP contribution is 2.22. The van der Waals surface area contributed by atoms with E-state index in [2.05, 4.69) is 11.4 Å². The van der Waals surface area contributed by atoms with Gasteiger partial charge in [0.2, 0.25) is 0 Å². The Kier molecular flexibility index (Phi) is 7.02. The van der Waals surface area contributed by atoms with Crippen molar-refractivity contribution in [3.8, 4) is 11.8 Å². The van der Waals surface area contributed by atoms with E-state index in [0.717, 1.165) is 16.7 Å². The molecule has 0 heterocycles. The molecule has 1 N–H and O–H groups in total. The van der Waals surface area contributed by atoms with E-state index in [9.17, 15) is 14.9 Å². The molecule has 0 aliphatic heterocycles. The first kappa shape index (κ1) is 21.6. The fraction of sp³-hybridized carbons (Fsp3) is 0.160. The maximum Gasteiger partial charge on any atom is 0.337 e. The number of hydrogen-bond donors (Lipinski definition) is 1. The van der Waals surface area contributed by atoms with Gasteiger partial charge in [0, 0.05) is 17.7 Å². The average molecular weight is 414 g/mol. The Balaban J connectivity index is 1.70. The van der Waals surface area contributed by atoms with Crippen LogP contribution in [0.2, 0.25) is 0 Å². The summed E-state index contributed by atoms with van der Waals surface area (Å²) in [6.07, 6.45) is 0. The zero-order valence-corrected chi connectivity index (χ0v) is 17.3. The van der Waals surface area contributed by atoms with E-state index in [4.69, 9.17) is 9.47 Å². The van der Waals surface area contributed by atoms with Crippen LogP contribution in [0.5, 0.6) is 5.75 Å². The number of aryl methyl sites for hydroxylation is 1. The van der Waals surface area contributed by atoms with Crippen LogP contribution in [0, 0.1) is 18.3 Å². The van der Waals surface area contributed by atoms with Crippen LogP contribution in [0.25, 0.3) is 0 Å². The Hall–Kier alpha value is -4.11. The summed E-state index contributed by atoms with van der Waals surface area (Å²) in [5, 5.41) is 12.1. The van der Waals surface area contributed by atoms with Gasteiger partial charge in [0.25, 0.3) is 5.91 Å². The molecule has 0 fully saturated rings. The molecular weight excluding hydrogens is 392 g/mol. The van der Waals surface area contributed by atoms with Gasteiger partial charge in [0.15, 0.2) is 0 Å². The molecule has 0 aliphatic rings. The molecular formula is C25H22N2O4. The Bertz CT molecular complexity index is 1130. The van der Waals surface area contributed by atoms with Crippen molar-refractivity contribution in [2.24, 2.45) is 0 Å². The lowest BCUT2D eigenvalue weighted by Gasteiger charge is -2.13. The third-order valence-electron chi connectivity index (χ3n) is 4.69. The van der Waals surface area contributed by atoms with E-state index >= 15 is 0 Å². The zero-order valence-electron chi connectivity index (χ0n) is 17.3. The second-order valence-electron chi connectivity index (χ2n) is 6.96. The van der Waals surface area contributed by atoms with E-state index < -0.39 is 5.97 Å². The van der Waals surface area contributed by atoms with Gasteiger partial charge in [-0.05, 0) is 48.9 Å². The number of benzene rings is 3. The molecule has 6 heteroatoms. The van der Waals surface area contributed by atoms with E-state index in [1.54, 1.807) is 48.5 Å². The van der Waals surface area contributed by atoms with Crippen molar-refractivity contribution in [2.45, 2.75) is 20.1 Å². The van der Waals surface area contributed by atoms with Crippen molar-refractivity contribution in [3.05, 3.63) is 100 Å². The van der Waals surface area contributed by atoms with Crippen molar-refractivity contribution in [3.63, 3.8) is 0 Å². The second kappa shape index (κ2) is 10.1. The van der Waals surface area contributed by atoms with Gasteiger partial charge < -0.3 is 14.8 Å². The maximum atomic E-state index is 12.5. The molecule has 3 rings (SSSR count). The number of hydrogen-bond acceptors (Lipinski definition) is 5. The number of carbonyl (C=O) groups is 2. The minimum atomic E-state index is -0.402. The number of nitrogens with zero attached hydrogens (tertiary/aromatic N) is 1. The Labute approximate surface area is 181 Å². The number of amides is 1. The predicted molar refractivity (Wildman–Crippen MR) is 116 cm³/mol. The molecule has 0 atom stereocenters. The first-order chi connectivity index (χ1) is 15.0. The van der Waals surface area contributed by atoms with Gasteiger partial charge in [-0.15, -0.1) is 0 Å². The van der Waals surface area contributed by atoms with Crippen molar-refractivity contribution < 1.29 is 19.1 Å². The van der Waals surface area contributed by atoms with Gasteiger partial charge in [-0.25, -0.2) is 4.79 Å². The second-order valence-corrected chi connectivity index (χ2v) is 6.96. The van der Waals surface area contributed by atoms with E-state index in [0.29, 0.717) is 22.4 Å². The number of rotatable bonds is 7. The molecule has 1 amide bonds. The Morgan fingerprint density at radius 1 is 1.00 bits per heavy atom. The van der Waals surface area contributed by atoms with Crippen LogP contribution >= 0.6 is 0 Å². The molecule has 0 saturated carbocycles. The summed E-state index contributed by atoms with van der Waals surface area (Å²) in [4.78, 5) is 24.0. The summed E-state index contributed by atoms with van der Waals surface area (Å²) in [7, 11) is 1.33. The molecule has 3 aromatic carbocycles. The highest BCUT2D eigenvalue weighted by Gasteiger charge is 2.10. The number of methoxy groups -OCH3 is 1. The smallest absolute Gasteiger partial charge is 0.337 e. The van der Waals surface area contributed by atoms with Gasteiger partial charge in [0.1, 0.15) is 12.4 Å². The highest BCUT2D eigenvalue weighted by atomic mass is 16.5. The summed E-state index contributed by atoms with van der Waals surface area (Å²) in [6, 6.07) is 21.4. The lowest BCUT2D eigenvalue weighted by Crippen LogP contribution is -2.23. The van der Waals surface area contributed by atoms with Crippen LogP contribution in [0.1, 0.15) is 43.0 Å². The number of carbonyl (C=O) groups excluding carboxylic acids is 2. The van der Waals surface area contributed by atoms with Crippen LogP contribution in [0.3, 0.4) is 0 Å². The summed E-state index contributed by atoms with van der Waals surface area (Å²) >= 11 is 0. The average Bonchev–Trinajstić information content (AvgIpc) is 2.81. The van der Waals surface area contributed by atoms with Crippen molar-refractivity contribution >= 4 is 11.9 Å². The third-order valence-corrected chi connectivity index (χ3v) is 4.69. The molecule has 0 aliphatic carbocycles. The number of ether oxygens (including phenoxy) is 2. The maximum absolute atomic E-state index is 12.5. The predicted octanol–water partition coefficient (Wildman–Crippen LogP) is 4.16. The Morgan fingerprint density at radius 2 is 1.77 bits per heavy atom. The molecule has 156 valence electrons. The van der Waals surface area contributed by atoms with Crippen LogP contribution in [0.15, 0.2) is 66.7 Å². The normalized spacial score (nSPS) is 10.1. The summed E-state index contributed by atoms with van der Waals surface area (Å²) in [6.45, 7) is 2.44. The lowest BCUT2D eigenvalue weighted by molar-refractivity contribution is 0.0600. The number of nitrogens with one attached hydrogen (secondary N) is 1. The van der Waals surface area contributed by atoms with Crippen LogP contribution in [-0.4, -0.2) is 19.0 Å². The highest BCUT2D eigenvalue weighted by molar-refractivity contribution is 5.94. The fourth-order valence-electron chi connectivity index (χ4n) is 2.98. The van der Waals surface area contributed by atoms with Gasteiger partial charge in [-0.2, -0.15) is 5.26 Å². The van der Waals surface area contributed by atoms with Crippen molar-refractivity contribution in [1.29, 1.82) is 5.26 Å². The molecule has 0 aromatic heterocycles. The van der Waals surface area contributed by atoms with E-state index in [1.165, 1.54) is 7.11 Å². The van der Waals surface area contributed by atoms with E-state index in [1.807, 2.05) is 25.1 Å². The minimum absolute atomic E-state index is 0.183. The first-order valence-electron chi connectivity index (χ1n) is 9.68. The number of esters is 1. The van der Waals surface area contributed by atoms with Crippen LogP contribution in [0.4, 0.5) is 0 Å². The largest absolute Gasteiger partial charge is 0.489 e. The topological polar surface area (TPSA) is 88.4 Å². The monoisotopic (exact) mass is 414 g/mol. The fourth-order valence-corrected chi connectivity index (χ4v) is 2.98. The van der Waals surface area contributed by atoms with Crippen molar-refractivity contribution in [2.75, 3.05) is 7.11 Å². The van der Waals surface area contributed by atoms with Gasteiger partial charge in [-0.3, -0.25) is 4.79 Å². The standard InChI is InChI=1S/C25H22N2O4/c1-17-4-3-5-21(12-17)24(28)27-15-22-11-8-19(14-26)13-23(22)31-16-18-6-9-20(10-7-18)25(29)30-2/h3-13H,15-16H2,1-2H3,(H,27,28). The molecule has 3 aromatic rings. The first-order valence-corrected chi connectivity index (χ1v) is 9.68. The van der Waals surface area contributed by atoms with Crippen LogP contribution in [-0.2, 0) is 17.9 Å². The summed E-state index contributed by atoms with van der Waals surface area (Å²) < 4.78 is 10.6. The molecule has 6 nitrogen and oxygen atoms in total. The van der Waals surface area contributed by atoms with E-state index in [-0.39, 0.29) is 19.1 Å². The SMILES string of the molecule is COC(=O)c1ccc(COc2cc(C#N)ccc2CNC(=O)c2cccc(C)c2)cc1. The summed E-state index contributed by atoms with van der Waals surface area (Å²) in [5.41, 5.74) is 4.12. The zero-order chi connectivity index (χ0) is 22.2. The molecule has 0 radical (unpaired) electrons. The quantitative estimate of drug-likeness (QED) is 0.587. The summed E-state index contributed by atoms with van der Waals surface area (Å²) in [5.74, 6) is -0.0705. The third kappa shape index (κ3) is 5.71. The number of nitriles is 1. The molecule has 0 unspecified atom stereocenters. The molecule has 0 saturated heterocycles. The minimum Gasteiger partial charge on any atom is -0.489 e. The molecule has 31 heavy (non-hydrogen) atoms. The molecule has 0 spiro atoms. The van der Waals surface area contributed by atoms with Crippen LogP contribution < -0.4 is 10.1 Å². The van der Waals surface area contributed by atoms with Gasteiger partial charge >= 0.3 is 5.97 Å². The van der Waals surface area contributed by atoms with Gasteiger partial charge in [0.05, 0.1) is 24.3 Å². The molecule has 0 bridgehead atoms. The van der Waals surface area contributed by atoms with Crippen molar-refractivity contribution in [1.82, 2.24) is 5.32 Å². The van der Waals surface area contributed by atoms with Gasteiger partial charge in [-0.1, -0.05) is 35.9 Å².